The summed E-state index contributed by atoms with van der Waals surface area (Å²) >= 11 is 0. The van der Waals surface area contributed by atoms with Crippen LogP contribution in [0.1, 0.15) is 31.0 Å². The molecular weight excluding hydrogens is 168 g/mol. The minimum atomic E-state index is -0.0573. The second-order valence-corrected chi connectivity index (χ2v) is 3.12. The number of rotatable bonds is 5. The zero-order valence-electron chi connectivity index (χ0n) is 7.91. The maximum absolute atomic E-state index is 11.3. The van der Waals surface area contributed by atoms with Gasteiger partial charge < -0.3 is 9.73 Å². The van der Waals surface area contributed by atoms with Gasteiger partial charge in [-0.3, -0.25) is 4.79 Å². The van der Waals surface area contributed by atoms with Gasteiger partial charge in [0.25, 0.3) is 5.89 Å². The molecule has 1 aromatic heterocycles. The molecule has 1 rings (SSSR count). The summed E-state index contributed by atoms with van der Waals surface area (Å²) in [5.74, 6) is 0.142. The van der Waals surface area contributed by atoms with Gasteiger partial charge in [-0.2, -0.15) is 0 Å². The SMILES string of the molecule is CC(C)NCCC(=O)c1ncco1. The summed E-state index contributed by atoms with van der Waals surface area (Å²) in [5, 5.41) is 3.15. The molecule has 1 heterocycles. The van der Waals surface area contributed by atoms with E-state index in [0.717, 1.165) is 0 Å². The molecule has 0 bridgehead atoms. The Labute approximate surface area is 77.3 Å². The van der Waals surface area contributed by atoms with E-state index in [0.29, 0.717) is 19.0 Å². The molecule has 13 heavy (non-hydrogen) atoms. The molecule has 1 aromatic rings. The molecule has 0 aliphatic carbocycles. The zero-order chi connectivity index (χ0) is 9.68. The number of Topliss-reactive ketones (excluding diaryl/α,β-unsaturated/α-hetero) is 1. The average molecular weight is 182 g/mol. The topological polar surface area (TPSA) is 55.1 Å². The van der Waals surface area contributed by atoms with Crippen LogP contribution in [0, 0.1) is 0 Å². The number of hydrogen-bond acceptors (Lipinski definition) is 4. The fourth-order valence-corrected chi connectivity index (χ4v) is 0.942. The second-order valence-electron chi connectivity index (χ2n) is 3.12. The van der Waals surface area contributed by atoms with Crippen molar-refractivity contribution in [2.45, 2.75) is 26.3 Å². The van der Waals surface area contributed by atoms with Gasteiger partial charge in [-0.05, 0) is 0 Å². The van der Waals surface area contributed by atoms with Crippen LogP contribution in [0.15, 0.2) is 16.9 Å². The number of oxazole rings is 1. The van der Waals surface area contributed by atoms with Gasteiger partial charge in [0, 0.05) is 19.0 Å². The highest BCUT2D eigenvalue weighted by atomic mass is 16.3. The predicted molar refractivity (Wildman–Crippen MR) is 48.6 cm³/mol. The first-order valence-corrected chi connectivity index (χ1v) is 4.36. The smallest absolute Gasteiger partial charge is 0.263 e. The van der Waals surface area contributed by atoms with Gasteiger partial charge in [0.15, 0.2) is 0 Å². The van der Waals surface area contributed by atoms with E-state index in [1.54, 1.807) is 0 Å². The van der Waals surface area contributed by atoms with Crippen molar-refractivity contribution < 1.29 is 9.21 Å². The molecule has 0 radical (unpaired) electrons. The van der Waals surface area contributed by atoms with Crippen molar-refractivity contribution in [2.75, 3.05) is 6.54 Å². The highest BCUT2D eigenvalue weighted by Gasteiger charge is 2.09. The number of nitrogens with zero attached hydrogens (tertiary/aromatic N) is 1. The van der Waals surface area contributed by atoms with Crippen molar-refractivity contribution in [3.8, 4) is 0 Å². The van der Waals surface area contributed by atoms with Crippen molar-refractivity contribution >= 4 is 5.78 Å². The fraction of sp³-hybridized carbons (Fsp3) is 0.556. The lowest BCUT2D eigenvalue weighted by Gasteiger charge is -2.05. The molecule has 1 N–H and O–H groups in total. The summed E-state index contributed by atoms with van der Waals surface area (Å²) in [7, 11) is 0. The first-order valence-electron chi connectivity index (χ1n) is 4.36. The van der Waals surface area contributed by atoms with E-state index in [2.05, 4.69) is 10.3 Å². The van der Waals surface area contributed by atoms with Crippen LogP contribution in [0.5, 0.6) is 0 Å². The molecule has 0 fully saturated rings. The number of ketones is 1. The highest BCUT2D eigenvalue weighted by molar-refractivity contribution is 5.91. The monoisotopic (exact) mass is 182 g/mol. The lowest BCUT2D eigenvalue weighted by atomic mass is 10.2. The van der Waals surface area contributed by atoms with Gasteiger partial charge in [-0.25, -0.2) is 4.98 Å². The summed E-state index contributed by atoms with van der Waals surface area (Å²) in [5.41, 5.74) is 0. The van der Waals surface area contributed by atoms with Crippen molar-refractivity contribution in [1.82, 2.24) is 10.3 Å². The standard InChI is InChI=1S/C9H14N2O2/c1-7(2)10-4-3-8(12)9-11-5-6-13-9/h5-7,10H,3-4H2,1-2H3. The molecule has 0 saturated heterocycles. The quantitative estimate of drug-likeness (QED) is 0.696. The third-order valence-corrected chi connectivity index (χ3v) is 1.58. The Morgan fingerprint density at radius 2 is 2.46 bits per heavy atom. The Kier molecular flexibility index (Phi) is 3.64. The van der Waals surface area contributed by atoms with Crippen molar-refractivity contribution in [2.24, 2.45) is 0 Å². The van der Waals surface area contributed by atoms with Gasteiger partial charge in [-0.1, -0.05) is 13.8 Å². The van der Waals surface area contributed by atoms with Crippen LogP contribution in [-0.4, -0.2) is 23.4 Å². The molecule has 0 aliphatic heterocycles. The molecule has 0 amide bonds. The number of aromatic nitrogens is 1. The number of nitrogens with one attached hydrogen (secondary N) is 1. The van der Waals surface area contributed by atoms with Crippen LogP contribution < -0.4 is 5.32 Å². The third kappa shape index (κ3) is 3.38. The van der Waals surface area contributed by atoms with E-state index in [-0.39, 0.29) is 11.7 Å². The Balaban J connectivity index is 2.27. The number of carbonyl (C=O) groups excluding carboxylic acids is 1. The van der Waals surface area contributed by atoms with Gasteiger partial charge in [0.2, 0.25) is 5.78 Å². The van der Waals surface area contributed by atoms with E-state index in [9.17, 15) is 4.79 Å². The largest absolute Gasteiger partial charge is 0.442 e. The molecule has 0 aliphatic rings. The molecule has 0 atom stereocenters. The van der Waals surface area contributed by atoms with E-state index in [1.807, 2.05) is 13.8 Å². The summed E-state index contributed by atoms with van der Waals surface area (Å²) in [6.45, 7) is 4.74. The highest BCUT2D eigenvalue weighted by Crippen LogP contribution is 1.98. The van der Waals surface area contributed by atoms with Gasteiger partial charge in [-0.15, -0.1) is 0 Å². The molecule has 0 saturated carbocycles. The third-order valence-electron chi connectivity index (χ3n) is 1.58. The van der Waals surface area contributed by atoms with Gasteiger partial charge in [0.05, 0.1) is 6.20 Å². The van der Waals surface area contributed by atoms with Crippen molar-refractivity contribution in [3.05, 3.63) is 18.4 Å². The number of carbonyl (C=O) groups is 1. The van der Waals surface area contributed by atoms with Gasteiger partial charge in [0.1, 0.15) is 6.26 Å². The summed E-state index contributed by atoms with van der Waals surface area (Å²) < 4.78 is 4.86. The molecule has 4 heteroatoms. The van der Waals surface area contributed by atoms with E-state index < -0.39 is 0 Å². The maximum Gasteiger partial charge on any atom is 0.263 e. The Hall–Kier alpha value is -1.16. The van der Waals surface area contributed by atoms with Crippen LogP contribution in [0.4, 0.5) is 0 Å². The lowest BCUT2D eigenvalue weighted by Crippen LogP contribution is -2.25. The zero-order valence-corrected chi connectivity index (χ0v) is 7.91. The van der Waals surface area contributed by atoms with E-state index in [4.69, 9.17) is 4.42 Å². The Bertz CT molecular complexity index is 255. The molecule has 0 spiro atoms. The summed E-state index contributed by atoms with van der Waals surface area (Å²) in [4.78, 5) is 15.1. The van der Waals surface area contributed by atoms with E-state index >= 15 is 0 Å². The Morgan fingerprint density at radius 3 is 3.00 bits per heavy atom. The first-order chi connectivity index (χ1) is 6.20. The molecule has 4 nitrogen and oxygen atoms in total. The Morgan fingerprint density at radius 1 is 1.69 bits per heavy atom. The van der Waals surface area contributed by atoms with Gasteiger partial charge >= 0.3 is 0 Å². The van der Waals surface area contributed by atoms with Crippen LogP contribution in [0.25, 0.3) is 0 Å². The molecular formula is C9H14N2O2. The van der Waals surface area contributed by atoms with Crippen LogP contribution in [0.2, 0.25) is 0 Å². The molecule has 72 valence electrons. The first kappa shape index (κ1) is 9.92. The fourth-order valence-electron chi connectivity index (χ4n) is 0.942. The molecule has 0 aromatic carbocycles. The number of hydrogen-bond donors (Lipinski definition) is 1. The second kappa shape index (κ2) is 4.77. The summed E-state index contributed by atoms with van der Waals surface area (Å²) in [6.07, 6.45) is 3.31. The normalized spacial score (nSPS) is 10.7. The maximum atomic E-state index is 11.3. The van der Waals surface area contributed by atoms with Crippen LogP contribution in [0.3, 0.4) is 0 Å². The van der Waals surface area contributed by atoms with E-state index in [1.165, 1.54) is 12.5 Å². The minimum Gasteiger partial charge on any atom is -0.442 e. The van der Waals surface area contributed by atoms with Crippen LogP contribution >= 0.6 is 0 Å². The lowest BCUT2D eigenvalue weighted by molar-refractivity contribution is 0.0948. The van der Waals surface area contributed by atoms with Crippen molar-refractivity contribution in [3.63, 3.8) is 0 Å². The van der Waals surface area contributed by atoms with Crippen molar-refractivity contribution in [1.29, 1.82) is 0 Å². The molecule has 0 unspecified atom stereocenters. The summed E-state index contributed by atoms with van der Waals surface area (Å²) in [6, 6.07) is 0.400. The minimum absolute atomic E-state index is 0.0573. The predicted octanol–water partition coefficient (Wildman–Crippen LogP) is 1.25. The average Bonchev–Trinajstić information content (AvgIpc) is 2.55. The van der Waals surface area contributed by atoms with Crippen LogP contribution in [-0.2, 0) is 0 Å².